The van der Waals surface area contributed by atoms with Crippen LogP contribution in [0.25, 0.3) is 0 Å². The molecule has 0 aliphatic rings. The number of nitrogens with zero attached hydrogens (tertiary/aromatic N) is 1. The maximum absolute atomic E-state index is 12.2. The molecule has 8 heteroatoms. The van der Waals surface area contributed by atoms with Crippen molar-refractivity contribution >= 4 is 21.6 Å². The van der Waals surface area contributed by atoms with Gasteiger partial charge in [0.1, 0.15) is 11.5 Å². The van der Waals surface area contributed by atoms with Gasteiger partial charge in [-0.05, 0) is 36.8 Å². The third-order valence-electron chi connectivity index (χ3n) is 3.59. The molecule has 0 spiro atoms. The van der Waals surface area contributed by atoms with Crippen molar-refractivity contribution in [2.45, 2.75) is 19.9 Å². The van der Waals surface area contributed by atoms with Crippen LogP contribution in [0.15, 0.2) is 41.0 Å². The predicted molar refractivity (Wildman–Crippen MR) is 95.1 cm³/mol. The Labute approximate surface area is 147 Å². The summed E-state index contributed by atoms with van der Waals surface area (Å²) in [5, 5.41) is 2.70. The molecule has 1 amide bonds. The van der Waals surface area contributed by atoms with Crippen molar-refractivity contribution in [3.63, 3.8) is 0 Å². The summed E-state index contributed by atoms with van der Waals surface area (Å²) in [6.07, 6.45) is 2.65. The van der Waals surface area contributed by atoms with Gasteiger partial charge in [0.25, 0.3) is 0 Å². The van der Waals surface area contributed by atoms with E-state index in [1.165, 1.54) is 17.7 Å². The molecule has 0 radical (unpaired) electrons. The lowest BCUT2D eigenvalue weighted by atomic mass is 10.2. The van der Waals surface area contributed by atoms with Gasteiger partial charge in [0.05, 0.1) is 31.9 Å². The molecular formula is C17H22N2O5S. The summed E-state index contributed by atoms with van der Waals surface area (Å²) in [6, 6.07) is 8.75. The van der Waals surface area contributed by atoms with E-state index in [0.29, 0.717) is 17.2 Å². The second-order valence-corrected chi connectivity index (χ2v) is 7.52. The number of amides is 1. The van der Waals surface area contributed by atoms with E-state index in [0.717, 1.165) is 11.8 Å². The topological polar surface area (TPSA) is 88.8 Å². The molecule has 0 saturated heterocycles. The molecule has 0 saturated carbocycles. The van der Waals surface area contributed by atoms with Crippen molar-refractivity contribution < 1.29 is 22.4 Å². The van der Waals surface area contributed by atoms with E-state index >= 15 is 0 Å². The van der Waals surface area contributed by atoms with E-state index in [1.807, 2.05) is 13.0 Å². The van der Waals surface area contributed by atoms with Crippen LogP contribution in [0.1, 0.15) is 17.7 Å². The number of ether oxygens (including phenoxy) is 1. The molecule has 1 heterocycles. The molecule has 1 N–H and O–H groups in total. The number of benzene rings is 1. The minimum absolute atomic E-state index is 0.0165. The number of rotatable bonds is 8. The molecule has 7 nitrogen and oxygen atoms in total. The lowest BCUT2D eigenvalue weighted by Gasteiger charge is -2.24. The van der Waals surface area contributed by atoms with Gasteiger partial charge in [0.2, 0.25) is 15.9 Å². The first-order chi connectivity index (χ1) is 11.8. The Balaban J connectivity index is 2.09. The highest BCUT2D eigenvalue weighted by Crippen LogP contribution is 2.31. The molecule has 1 aromatic heterocycles. The van der Waals surface area contributed by atoms with Crippen LogP contribution in [0, 0.1) is 6.92 Å². The number of nitrogens with one attached hydrogen (secondary N) is 1. The molecule has 0 fully saturated rings. The van der Waals surface area contributed by atoms with Gasteiger partial charge in [-0.1, -0.05) is 6.07 Å². The summed E-state index contributed by atoms with van der Waals surface area (Å²) in [5.41, 5.74) is 1.32. The fraction of sp³-hybridized carbons (Fsp3) is 0.353. The van der Waals surface area contributed by atoms with E-state index in [2.05, 4.69) is 5.32 Å². The van der Waals surface area contributed by atoms with Crippen molar-refractivity contribution in [3.8, 4) is 5.75 Å². The summed E-state index contributed by atoms with van der Waals surface area (Å²) >= 11 is 0. The summed E-state index contributed by atoms with van der Waals surface area (Å²) < 4.78 is 36.0. The Morgan fingerprint density at radius 2 is 2.08 bits per heavy atom. The van der Waals surface area contributed by atoms with Crippen molar-refractivity contribution in [3.05, 3.63) is 47.9 Å². The van der Waals surface area contributed by atoms with Crippen molar-refractivity contribution in [1.29, 1.82) is 0 Å². The van der Waals surface area contributed by atoms with Gasteiger partial charge in [0, 0.05) is 13.0 Å². The van der Waals surface area contributed by atoms with Crippen molar-refractivity contribution in [2.75, 3.05) is 24.2 Å². The van der Waals surface area contributed by atoms with Crippen molar-refractivity contribution in [1.82, 2.24) is 5.32 Å². The van der Waals surface area contributed by atoms with Crippen LogP contribution in [-0.4, -0.2) is 34.2 Å². The summed E-state index contributed by atoms with van der Waals surface area (Å²) in [5.74, 6) is 0.803. The first-order valence-electron chi connectivity index (χ1n) is 7.72. The van der Waals surface area contributed by atoms with Crippen LogP contribution in [-0.2, 0) is 21.4 Å². The van der Waals surface area contributed by atoms with Gasteiger partial charge >= 0.3 is 0 Å². The molecule has 136 valence electrons. The zero-order valence-electron chi connectivity index (χ0n) is 14.5. The Hall–Kier alpha value is -2.48. The summed E-state index contributed by atoms with van der Waals surface area (Å²) in [4.78, 5) is 12.0. The fourth-order valence-electron chi connectivity index (χ4n) is 2.35. The molecule has 0 aliphatic heterocycles. The summed E-state index contributed by atoms with van der Waals surface area (Å²) in [6.45, 7) is 2.14. The number of furan rings is 1. The third-order valence-corrected chi connectivity index (χ3v) is 4.77. The minimum Gasteiger partial charge on any atom is -0.495 e. The number of methoxy groups -OCH3 is 1. The van der Waals surface area contributed by atoms with Crippen LogP contribution in [0.2, 0.25) is 0 Å². The van der Waals surface area contributed by atoms with Crippen molar-refractivity contribution in [2.24, 2.45) is 0 Å². The Morgan fingerprint density at radius 1 is 1.32 bits per heavy atom. The zero-order chi connectivity index (χ0) is 18.4. The monoisotopic (exact) mass is 366 g/mol. The van der Waals surface area contributed by atoms with E-state index in [1.54, 1.807) is 24.3 Å². The largest absolute Gasteiger partial charge is 0.495 e. The average molecular weight is 366 g/mol. The highest BCUT2D eigenvalue weighted by molar-refractivity contribution is 7.92. The number of aryl methyl sites for hydroxylation is 1. The van der Waals surface area contributed by atoms with Crippen LogP contribution in [0.3, 0.4) is 0 Å². The smallest absolute Gasteiger partial charge is 0.232 e. The fourth-order valence-corrected chi connectivity index (χ4v) is 3.27. The van der Waals surface area contributed by atoms with Gasteiger partial charge in [0.15, 0.2) is 0 Å². The van der Waals surface area contributed by atoms with Gasteiger partial charge in [-0.3, -0.25) is 9.10 Å². The second-order valence-electron chi connectivity index (χ2n) is 5.62. The minimum atomic E-state index is -3.57. The highest BCUT2D eigenvalue weighted by atomic mass is 32.2. The number of hydrogen-bond donors (Lipinski definition) is 1. The second kappa shape index (κ2) is 8.06. The van der Waals surface area contributed by atoms with Gasteiger partial charge in [-0.15, -0.1) is 0 Å². The molecule has 0 bridgehead atoms. The van der Waals surface area contributed by atoms with Crippen LogP contribution in [0.4, 0.5) is 5.69 Å². The third kappa shape index (κ3) is 5.25. The first-order valence-corrected chi connectivity index (χ1v) is 9.57. The molecule has 2 rings (SSSR count). The predicted octanol–water partition coefficient (Wildman–Crippen LogP) is 2.07. The first kappa shape index (κ1) is 18.9. The molecule has 0 aliphatic carbocycles. The molecular weight excluding hydrogens is 344 g/mol. The molecule has 25 heavy (non-hydrogen) atoms. The summed E-state index contributed by atoms with van der Waals surface area (Å²) in [7, 11) is -2.09. The lowest BCUT2D eigenvalue weighted by Crippen LogP contribution is -2.34. The maximum Gasteiger partial charge on any atom is 0.232 e. The Morgan fingerprint density at radius 3 is 2.68 bits per heavy atom. The molecule has 2 aromatic rings. The lowest BCUT2D eigenvalue weighted by molar-refractivity contribution is -0.121. The Bertz CT molecular complexity index is 816. The molecule has 1 aromatic carbocycles. The zero-order valence-corrected chi connectivity index (χ0v) is 15.3. The molecule has 0 unspecified atom stereocenters. The van der Waals surface area contributed by atoms with Gasteiger partial charge < -0.3 is 14.5 Å². The number of sulfonamides is 1. The number of carbonyl (C=O) groups is 1. The van der Waals surface area contributed by atoms with E-state index < -0.39 is 10.0 Å². The number of anilines is 1. The van der Waals surface area contributed by atoms with E-state index in [-0.39, 0.29) is 25.4 Å². The maximum atomic E-state index is 12.2. The Kier molecular flexibility index (Phi) is 6.08. The van der Waals surface area contributed by atoms with Crippen LogP contribution >= 0.6 is 0 Å². The van der Waals surface area contributed by atoms with Crippen LogP contribution < -0.4 is 14.4 Å². The quantitative estimate of drug-likeness (QED) is 0.773. The highest BCUT2D eigenvalue weighted by Gasteiger charge is 2.22. The van der Waals surface area contributed by atoms with E-state index in [9.17, 15) is 13.2 Å². The number of carbonyl (C=O) groups excluding carboxylic acids is 1. The standard InChI is InChI=1S/C17H22N2O5S/c1-13-6-7-16(23-2)15(11-13)19(25(3,21)22)9-8-17(20)18-12-14-5-4-10-24-14/h4-7,10-11H,8-9,12H2,1-3H3,(H,18,20). The van der Waals surface area contributed by atoms with Gasteiger partial charge in [-0.2, -0.15) is 0 Å². The van der Waals surface area contributed by atoms with Crippen LogP contribution in [0.5, 0.6) is 5.75 Å². The SMILES string of the molecule is COc1ccc(C)cc1N(CCC(=O)NCc1ccco1)S(C)(=O)=O. The normalized spacial score (nSPS) is 11.2. The van der Waals surface area contributed by atoms with E-state index in [4.69, 9.17) is 9.15 Å². The van der Waals surface area contributed by atoms with Gasteiger partial charge in [-0.25, -0.2) is 8.42 Å². The molecule has 0 atom stereocenters. The number of hydrogen-bond acceptors (Lipinski definition) is 5. The average Bonchev–Trinajstić information content (AvgIpc) is 3.05.